The van der Waals surface area contributed by atoms with Crippen LogP contribution >= 0.6 is 0 Å². The molecule has 2 aromatic rings. The Bertz CT molecular complexity index is 704. The van der Waals surface area contributed by atoms with E-state index in [9.17, 15) is 14.7 Å². The molecule has 0 spiro atoms. The maximum absolute atomic E-state index is 11.2. The second-order valence-corrected chi connectivity index (χ2v) is 4.37. The normalized spacial score (nSPS) is 12.5. The molecule has 1 aromatic heterocycles. The van der Waals surface area contributed by atoms with E-state index >= 15 is 0 Å². The van der Waals surface area contributed by atoms with Crippen LogP contribution in [-0.2, 0) is 11.2 Å². The number of aryl methyl sites for hydroxylation is 1. The lowest BCUT2D eigenvalue weighted by Crippen LogP contribution is -2.32. The quantitative estimate of drug-likeness (QED) is 0.704. The molecular formula is C13H13NO5. The van der Waals surface area contributed by atoms with Gasteiger partial charge < -0.3 is 20.4 Å². The molecule has 100 valence electrons. The number of hydrogen-bond acceptors (Lipinski definition) is 5. The third kappa shape index (κ3) is 2.58. The van der Waals surface area contributed by atoms with E-state index in [4.69, 9.17) is 15.3 Å². The Kier molecular flexibility index (Phi) is 3.26. The highest BCUT2D eigenvalue weighted by molar-refractivity contribution is 5.83. The summed E-state index contributed by atoms with van der Waals surface area (Å²) in [6, 6.07) is 3.12. The summed E-state index contributed by atoms with van der Waals surface area (Å²) in [5.74, 6) is -1.28. The highest BCUT2D eigenvalue weighted by Gasteiger charge is 2.16. The van der Waals surface area contributed by atoms with Crippen LogP contribution in [0.2, 0.25) is 0 Å². The number of benzene rings is 1. The lowest BCUT2D eigenvalue weighted by Gasteiger charge is -2.10. The summed E-state index contributed by atoms with van der Waals surface area (Å²) < 4.78 is 4.97. The lowest BCUT2D eigenvalue weighted by molar-refractivity contribution is -0.138. The van der Waals surface area contributed by atoms with Crippen molar-refractivity contribution in [1.29, 1.82) is 0 Å². The number of phenols is 1. The van der Waals surface area contributed by atoms with E-state index in [2.05, 4.69) is 0 Å². The monoisotopic (exact) mass is 263 g/mol. The molecule has 6 heteroatoms. The molecule has 0 fully saturated rings. The fraction of sp³-hybridized carbons (Fsp3) is 0.231. The van der Waals surface area contributed by atoms with Crippen molar-refractivity contribution in [2.45, 2.75) is 19.4 Å². The first-order valence-electron chi connectivity index (χ1n) is 5.63. The van der Waals surface area contributed by atoms with Crippen LogP contribution < -0.4 is 11.4 Å². The van der Waals surface area contributed by atoms with Crippen molar-refractivity contribution < 1.29 is 19.4 Å². The second kappa shape index (κ2) is 4.74. The van der Waals surface area contributed by atoms with Crippen molar-refractivity contribution in [3.05, 3.63) is 39.7 Å². The number of phenolic OH excluding ortho intramolecular Hbond substituents is 1. The molecule has 0 aliphatic carbocycles. The Morgan fingerprint density at radius 2 is 2.11 bits per heavy atom. The number of carbonyl (C=O) groups is 1. The van der Waals surface area contributed by atoms with Gasteiger partial charge in [0.2, 0.25) is 0 Å². The first-order valence-corrected chi connectivity index (χ1v) is 5.63. The van der Waals surface area contributed by atoms with Crippen molar-refractivity contribution >= 4 is 16.9 Å². The fourth-order valence-electron chi connectivity index (χ4n) is 1.89. The van der Waals surface area contributed by atoms with Crippen molar-refractivity contribution in [2.24, 2.45) is 5.73 Å². The SMILES string of the molecule is Cc1cc(=O)oc2cc(O)c(CC(N)C(=O)O)cc12. The molecule has 1 heterocycles. The molecule has 19 heavy (non-hydrogen) atoms. The van der Waals surface area contributed by atoms with Gasteiger partial charge in [-0.1, -0.05) is 0 Å². The summed E-state index contributed by atoms with van der Waals surface area (Å²) in [7, 11) is 0. The number of fused-ring (bicyclic) bond motifs is 1. The van der Waals surface area contributed by atoms with E-state index in [-0.39, 0.29) is 17.8 Å². The Hall–Kier alpha value is -2.34. The molecule has 6 nitrogen and oxygen atoms in total. The van der Waals surface area contributed by atoms with E-state index in [1.165, 1.54) is 12.1 Å². The topological polar surface area (TPSA) is 114 Å². The maximum Gasteiger partial charge on any atom is 0.336 e. The zero-order valence-electron chi connectivity index (χ0n) is 10.2. The maximum atomic E-state index is 11.2. The predicted octanol–water partition coefficient (Wildman–Crippen LogP) is 0.761. The molecule has 0 saturated carbocycles. The number of rotatable bonds is 3. The molecule has 2 rings (SSSR count). The average Bonchev–Trinajstić information content (AvgIpc) is 2.30. The second-order valence-electron chi connectivity index (χ2n) is 4.37. The Morgan fingerprint density at radius 1 is 1.42 bits per heavy atom. The van der Waals surface area contributed by atoms with Gasteiger partial charge in [-0.15, -0.1) is 0 Å². The van der Waals surface area contributed by atoms with Gasteiger partial charge in [-0.2, -0.15) is 0 Å². The third-order valence-corrected chi connectivity index (χ3v) is 2.91. The van der Waals surface area contributed by atoms with Crippen LogP contribution in [0.5, 0.6) is 5.75 Å². The standard InChI is InChI=1S/C13H13NO5/c1-6-2-12(16)19-11-5-10(15)7(3-8(6)11)4-9(14)13(17)18/h2-3,5,9,15H,4,14H2,1H3,(H,17,18). The van der Waals surface area contributed by atoms with Crippen molar-refractivity contribution in [2.75, 3.05) is 0 Å². The number of carboxylic acid groups (broad SMARTS) is 1. The number of hydrogen-bond donors (Lipinski definition) is 3. The smallest absolute Gasteiger partial charge is 0.336 e. The van der Waals surface area contributed by atoms with Crippen molar-refractivity contribution in [3.8, 4) is 5.75 Å². The zero-order valence-corrected chi connectivity index (χ0v) is 10.2. The van der Waals surface area contributed by atoms with Crippen LogP contribution in [0.15, 0.2) is 27.4 Å². The third-order valence-electron chi connectivity index (χ3n) is 2.91. The van der Waals surface area contributed by atoms with Gasteiger partial charge in [0.05, 0.1) is 0 Å². The molecule has 0 bridgehead atoms. The molecule has 0 radical (unpaired) electrons. The molecule has 0 aliphatic heterocycles. The van der Waals surface area contributed by atoms with Gasteiger partial charge in [-0.3, -0.25) is 4.79 Å². The van der Waals surface area contributed by atoms with E-state index in [1.54, 1.807) is 13.0 Å². The molecular weight excluding hydrogens is 250 g/mol. The van der Waals surface area contributed by atoms with Gasteiger partial charge >= 0.3 is 11.6 Å². The van der Waals surface area contributed by atoms with Crippen LogP contribution in [0.25, 0.3) is 11.0 Å². The zero-order chi connectivity index (χ0) is 14.2. The van der Waals surface area contributed by atoms with Gasteiger partial charge in [0.15, 0.2) is 0 Å². The average molecular weight is 263 g/mol. The van der Waals surface area contributed by atoms with Crippen molar-refractivity contribution in [3.63, 3.8) is 0 Å². The summed E-state index contributed by atoms with van der Waals surface area (Å²) in [4.78, 5) is 21.9. The summed E-state index contributed by atoms with van der Waals surface area (Å²) >= 11 is 0. The summed E-state index contributed by atoms with van der Waals surface area (Å²) in [6.45, 7) is 1.73. The van der Waals surface area contributed by atoms with Gasteiger partial charge in [0.1, 0.15) is 17.4 Å². The van der Waals surface area contributed by atoms with E-state index < -0.39 is 17.6 Å². The Labute approximate surface area is 108 Å². The van der Waals surface area contributed by atoms with Crippen LogP contribution in [0.4, 0.5) is 0 Å². The van der Waals surface area contributed by atoms with E-state index in [1.807, 2.05) is 0 Å². The Balaban J connectivity index is 2.55. The molecule has 0 amide bonds. The van der Waals surface area contributed by atoms with Gasteiger partial charge in [-0.25, -0.2) is 4.79 Å². The first kappa shape index (κ1) is 13.1. The van der Waals surface area contributed by atoms with Gasteiger partial charge in [0.25, 0.3) is 0 Å². The fourth-order valence-corrected chi connectivity index (χ4v) is 1.89. The first-order chi connectivity index (χ1) is 8.88. The van der Waals surface area contributed by atoms with Gasteiger partial charge in [-0.05, 0) is 24.1 Å². The molecule has 1 aromatic carbocycles. The lowest BCUT2D eigenvalue weighted by atomic mass is 10.0. The molecule has 4 N–H and O–H groups in total. The highest BCUT2D eigenvalue weighted by atomic mass is 16.4. The van der Waals surface area contributed by atoms with Crippen LogP contribution in [-0.4, -0.2) is 22.2 Å². The number of aliphatic carboxylic acids is 1. The van der Waals surface area contributed by atoms with E-state index in [0.29, 0.717) is 16.5 Å². The summed E-state index contributed by atoms with van der Waals surface area (Å²) in [5.41, 5.74) is 6.29. The van der Waals surface area contributed by atoms with Crippen LogP contribution in [0.3, 0.4) is 0 Å². The number of aromatic hydroxyl groups is 1. The molecule has 0 aliphatic rings. The number of nitrogens with two attached hydrogens (primary N) is 1. The minimum absolute atomic E-state index is 0.00429. The Morgan fingerprint density at radius 3 is 2.74 bits per heavy atom. The largest absolute Gasteiger partial charge is 0.508 e. The predicted molar refractivity (Wildman–Crippen MR) is 68.2 cm³/mol. The molecule has 1 unspecified atom stereocenters. The number of carboxylic acids is 1. The molecule has 1 atom stereocenters. The summed E-state index contributed by atoms with van der Waals surface area (Å²) in [6.07, 6.45) is -0.00429. The van der Waals surface area contributed by atoms with Crippen LogP contribution in [0.1, 0.15) is 11.1 Å². The minimum Gasteiger partial charge on any atom is -0.508 e. The molecule has 0 saturated heterocycles. The highest BCUT2D eigenvalue weighted by Crippen LogP contribution is 2.27. The summed E-state index contributed by atoms with van der Waals surface area (Å²) in [5, 5.41) is 19.2. The van der Waals surface area contributed by atoms with Crippen molar-refractivity contribution in [1.82, 2.24) is 0 Å². The van der Waals surface area contributed by atoms with E-state index in [0.717, 1.165) is 0 Å². The minimum atomic E-state index is -1.14. The van der Waals surface area contributed by atoms with Crippen LogP contribution in [0, 0.1) is 6.92 Å². The van der Waals surface area contributed by atoms with Gasteiger partial charge in [0, 0.05) is 23.9 Å².